The van der Waals surface area contributed by atoms with Crippen LogP contribution in [0.25, 0.3) is 21.1 Å². The number of nitrogens with one attached hydrogen (secondary N) is 1. The maximum Gasteiger partial charge on any atom is 0.339 e. The molecule has 0 aliphatic carbocycles. The van der Waals surface area contributed by atoms with Gasteiger partial charge in [-0.05, 0) is 31.2 Å². The van der Waals surface area contributed by atoms with Crippen molar-refractivity contribution in [2.45, 2.75) is 13.5 Å². The van der Waals surface area contributed by atoms with Crippen molar-refractivity contribution >= 4 is 34.6 Å². The molecule has 0 fully saturated rings. The number of carbonyl (C=O) groups excluding carboxylic acids is 1. The fourth-order valence-electron chi connectivity index (χ4n) is 2.92. The number of carboxylic acids is 1. The summed E-state index contributed by atoms with van der Waals surface area (Å²) in [5.41, 5.74) is 1.23. The van der Waals surface area contributed by atoms with Crippen LogP contribution >= 0.6 is 22.7 Å². The summed E-state index contributed by atoms with van der Waals surface area (Å²) in [6.45, 7) is 2.04. The van der Waals surface area contributed by atoms with E-state index in [1.54, 1.807) is 23.7 Å². The maximum atomic E-state index is 14.4. The number of nitrogens with zero attached hydrogens (tertiary/aromatic N) is 3. The van der Waals surface area contributed by atoms with Crippen molar-refractivity contribution in [1.29, 1.82) is 0 Å². The lowest BCUT2D eigenvalue weighted by Crippen LogP contribution is -2.22. The van der Waals surface area contributed by atoms with Crippen molar-refractivity contribution < 1.29 is 24.2 Å². The second kappa shape index (κ2) is 8.81. The van der Waals surface area contributed by atoms with Crippen LogP contribution in [0.4, 0.5) is 4.39 Å². The van der Waals surface area contributed by atoms with Crippen molar-refractivity contribution in [3.05, 3.63) is 69.7 Å². The first kappa shape index (κ1) is 21.5. The predicted octanol–water partition coefficient (Wildman–Crippen LogP) is 4.11. The van der Waals surface area contributed by atoms with Gasteiger partial charge < -0.3 is 15.5 Å². The van der Waals surface area contributed by atoms with E-state index < -0.39 is 23.1 Å². The monoisotopic (exact) mass is 470 g/mol. The first-order valence-corrected chi connectivity index (χ1v) is 10.9. The van der Waals surface area contributed by atoms with E-state index in [9.17, 15) is 19.1 Å². The molecule has 0 aliphatic heterocycles. The van der Waals surface area contributed by atoms with Gasteiger partial charge >= 0.3 is 5.97 Å². The smallest absolute Gasteiger partial charge is 0.339 e. The molecule has 0 spiro atoms. The number of amides is 1. The molecule has 0 unspecified atom stereocenters. The van der Waals surface area contributed by atoms with E-state index in [4.69, 9.17) is 5.11 Å². The molecule has 3 N–H and O–H groups in total. The van der Waals surface area contributed by atoms with E-state index in [0.29, 0.717) is 27.0 Å². The van der Waals surface area contributed by atoms with Crippen molar-refractivity contribution in [3.63, 3.8) is 0 Å². The second-order valence-electron chi connectivity index (χ2n) is 6.64. The molecular formula is C21H15FN4O4S2. The van der Waals surface area contributed by atoms with Gasteiger partial charge in [0, 0.05) is 23.3 Å². The van der Waals surface area contributed by atoms with Gasteiger partial charge in [-0.25, -0.2) is 19.2 Å². The van der Waals surface area contributed by atoms with Gasteiger partial charge in [0.25, 0.3) is 5.91 Å². The largest absolute Gasteiger partial charge is 0.507 e. The molecule has 0 bridgehead atoms. The Balaban J connectivity index is 1.54. The standard InChI is InChI=1S/C21H15FN4O4S2/c1-10-18(32-17(25-10)8-24-19(28)11-3-2-4-23-7-11)15-9-31-20(26-15)12-6-16(27)13(21(29)30)5-14(12)22/h2-7,9,27H,8H2,1H3,(H,24,28)(H,29,30). The Bertz CT molecular complexity index is 1320. The zero-order valence-corrected chi connectivity index (χ0v) is 18.1. The maximum absolute atomic E-state index is 14.4. The number of thiazole rings is 2. The lowest BCUT2D eigenvalue weighted by Gasteiger charge is -2.04. The number of halogens is 1. The number of pyridine rings is 1. The van der Waals surface area contributed by atoms with Gasteiger partial charge in [-0.2, -0.15) is 0 Å². The number of aryl methyl sites for hydroxylation is 1. The Hall–Kier alpha value is -3.70. The van der Waals surface area contributed by atoms with Gasteiger partial charge in [-0.3, -0.25) is 9.78 Å². The highest BCUT2D eigenvalue weighted by atomic mass is 32.1. The van der Waals surface area contributed by atoms with Crippen LogP contribution in [0.3, 0.4) is 0 Å². The molecule has 0 radical (unpaired) electrons. The van der Waals surface area contributed by atoms with Crippen LogP contribution in [0.2, 0.25) is 0 Å². The summed E-state index contributed by atoms with van der Waals surface area (Å²) < 4.78 is 14.4. The molecular weight excluding hydrogens is 455 g/mol. The summed E-state index contributed by atoms with van der Waals surface area (Å²) in [6, 6.07) is 5.17. The Morgan fingerprint density at radius 1 is 1.25 bits per heavy atom. The van der Waals surface area contributed by atoms with Gasteiger partial charge in [-0.1, -0.05) is 0 Å². The minimum Gasteiger partial charge on any atom is -0.507 e. The Morgan fingerprint density at radius 3 is 2.78 bits per heavy atom. The number of carbonyl (C=O) groups is 2. The minimum atomic E-state index is -1.42. The van der Waals surface area contributed by atoms with Gasteiger partial charge in [0.2, 0.25) is 0 Å². The van der Waals surface area contributed by atoms with Crippen molar-refractivity contribution in [3.8, 4) is 26.9 Å². The normalized spacial score (nSPS) is 10.8. The average molecular weight is 471 g/mol. The Kier molecular flexibility index (Phi) is 5.93. The lowest BCUT2D eigenvalue weighted by atomic mass is 10.1. The van der Waals surface area contributed by atoms with Gasteiger partial charge in [0.15, 0.2) is 0 Å². The Labute approximate surface area is 189 Å². The fourth-order valence-corrected chi connectivity index (χ4v) is 4.79. The highest BCUT2D eigenvalue weighted by molar-refractivity contribution is 7.16. The highest BCUT2D eigenvalue weighted by Gasteiger charge is 2.19. The van der Waals surface area contributed by atoms with Crippen molar-refractivity contribution in [2.75, 3.05) is 0 Å². The van der Waals surface area contributed by atoms with Crippen LogP contribution in [0.5, 0.6) is 5.75 Å². The van der Waals surface area contributed by atoms with E-state index in [0.717, 1.165) is 28.3 Å². The molecule has 1 amide bonds. The topological polar surface area (TPSA) is 125 Å². The third-order valence-electron chi connectivity index (χ3n) is 4.45. The van der Waals surface area contributed by atoms with Crippen LogP contribution in [0.1, 0.15) is 31.4 Å². The zero-order chi connectivity index (χ0) is 22.8. The number of rotatable bonds is 6. The SMILES string of the molecule is Cc1nc(CNC(=O)c2cccnc2)sc1-c1csc(-c2cc(O)c(C(=O)O)cc2F)n1. The zero-order valence-electron chi connectivity index (χ0n) is 16.5. The molecule has 8 nitrogen and oxygen atoms in total. The molecule has 4 aromatic rings. The molecule has 162 valence electrons. The van der Waals surface area contributed by atoms with E-state index in [-0.39, 0.29) is 18.0 Å². The minimum absolute atomic E-state index is 0.00914. The molecule has 32 heavy (non-hydrogen) atoms. The predicted molar refractivity (Wildman–Crippen MR) is 117 cm³/mol. The number of hydrogen-bond donors (Lipinski definition) is 3. The molecule has 0 aliphatic rings. The summed E-state index contributed by atoms with van der Waals surface area (Å²) in [5.74, 6) is -3.01. The molecule has 11 heteroatoms. The molecule has 3 aromatic heterocycles. The van der Waals surface area contributed by atoms with E-state index >= 15 is 0 Å². The number of hydrogen-bond acceptors (Lipinski definition) is 8. The highest BCUT2D eigenvalue weighted by Crippen LogP contribution is 2.36. The first-order valence-electron chi connectivity index (χ1n) is 9.20. The molecule has 4 rings (SSSR count). The number of aromatic carboxylic acids is 1. The van der Waals surface area contributed by atoms with Crippen molar-refractivity contribution in [2.24, 2.45) is 0 Å². The number of benzene rings is 1. The quantitative estimate of drug-likeness (QED) is 0.387. The molecule has 0 saturated carbocycles. The number of aromatic hydroxyl groups is 1. The van der Waals surface area contributed by atoms with Crippen LogP contribution in [0, 0.1) is 12.7 Å². The molecule has 3 heterocycles. The Morgan fingerprint density at radius 2 is 2.06 bits per heavy atom. The summed E-state index contributed by atoms with van der Waals surface area (Å²) in [6.07, 6.45) is 3.06. The van der Waals surface area contributed by atoms with E-state index in [2.05, 4.69) is 20.3 Å². The van der Waals surface area contributed by atoms with Gasteiger partial charge in [0.1, 0.15) is 27.1 Å². The van der Waals surface area contributed by atoms with Crippen LogP contribution in [-0.4, -0.2) is 37.0 Å². The summed E-state index contributed by atoms with van der Waals surface area (Å²) >= 11 is 2.51. The van der Waals surface area contributed by atoms with Gasteiger partial charge in [0.05, 0.1) is 28.4 Å². The van der Waals surface area contributed by atoms with Gasteiger partial charge in [-0.15, -0.1) is 22.7 Å². The van der Waals surface area contributed by atoms with Crippen LogP contribution in [0.15, 0.2) is 42.0 Å². The number of aromatic nitrogens is 3. The summed E-state index contributed by atoms with van der Waals surface area (Å²) in [4.78, 5) is 36.8. The second-order valence-corrected chi connectivity index (χ2v) is 8.58. The van der Waals surface area contributed by atoms with Crippen LogP contribution in [-0.2, 0) is 6.54 Å². The molecule has 0 saturated heterocycles. The number of carboxylic acid groups (broad SMARTS) is 1. The van der Waals surface area contributed by atoms with Crippen LogP contribution < -0.4 is 5.32 Å². The lowest BCUT2D eigenvalue weighted by molar-refractivity contribution is 0.0693. The third kappa shape index (κ3) is 4.34. The molecule has 0 atom stereocenters. The molecule has 1 aromatic carbocycles. The summed E-state index contributed by atoms with van der Waals surface area (Å²) in [5, 5.41) is 24.4. The van der Waals surface area contributed by atoms with Crippen molar-refractivity contribution in [1.82, 2.24) is 20.3 Å². The average Bonchev–Trinajstić information content (AvgIpc) is 3.40. The third-order valence-corrected chi connectivity index (χ3v) is 6.50. The van der Waals surface area contributed by atoms with E-state index in [1.165, 1.54) is 17.5 Å². The van der Waals surface area contributed by atoms with E-state index in [1.807, 2.05) is 6.92 Å². The number of phenols is 1. The fraction of sp³-hybridized carbons (Fsp3) is 0.0952. The summed E-state index contributed by atoms with van der Waals surface area (Å²) in [7, 11) is 0. The first-order chi connectivity index (χ1) is 15.3.